The third-order valence-electron chi connectivity index (χ3n) is 4.46. The lowest BCUT2D eigenvalue weighted by Gasteiger charge is -2.31. The van der Waals surface area contributed by atoms with E-state index >= 15 is 0 Å². The lowest BCUT2D eigenvalue weighted by Crippen LogP contribution is -2.40. The minimum atomic E-state index is -2.93. The van der Waals surface area contributed by atoms with Gasteiger partial charge >= 0.3 is 0 Å². The van der Waals surface area contributed by atoms with E-state index in [0.717, 1.165) is 19.4 Å². The fraction of sp³-hybridized carbons (Fsp3) is 0.786. The number of carbonyl (C=O) groups excluding carboxylic acids is 1. The fourth-order valence-corrected chi connectivity index (χ4v) is 5.16. The van der Waals surface area contributed by atoms with E-state index in [1.807, 2.05) is 4.90 Å². The number of amides is 1. The Labute approximate surface area is 130 Å². The zero-order valence-electron chi connectivity index (χ0n) is 12.7. The van der Waals surface area contributed by atoms with Crippen LogP contribution < -0.4 is 0 Å². The van der Waals surface area contributed by atoms with Crippen molar-refractivity contribution in [1.29, 1.82) is 0 Å². The fourth-order valence-electron chi connectivity index (χ4n) is 3.29. The van der Waals surface area contributed by atoms with Crippen molar-refractivity contribution in [3.8, 4) is 0 Å². The molecule has 0 radical (unpaired) electrons. The second-order valence-corrected chi connectivity index (χ2v) is 8.56. The first-order chi connectivity index (χ1) is 10.4. The summed E-state index contributed by atoms with van der Waals surface area (Å²) in [7, 11) is -2.93. The van der Waals surface area contributed by atoms with E-state index < -0.39 is 9.84 Å². The van der Waals surface area contributed by atoms with E-state index in [4.69, 9.17) is 4.52 Å². The topological polar surface area (TPSA) is 93.4 Å². The first-order valence-corrected chi connectivity index (χ1v) is 9.53. The van der Waals surface area contributed by atoms with Gasteiger partial charge in [-0.05, 0) is 32.1 Å². The second-order valence-electron chi connectivity index (χ2n) is 6.33. The number of aryl methyl sites for hydroxylation is 1. The molecule has 0 unspecified atom stereocenters. The van der Waals surface area contributed by atoms with Crippen LogP contribution in [0.1, 0.15) is 43.3 Å². The van der Waals surface area contributed by atoms with Crippen LogP contribution >= 0.6 is 0 Å². The Hall–Kier alpha value is -1.44. The molecular weight excluding hydrogens is 306 g/mol. The van der Waals surface area contributed by atoms with Crippen LogP contribution in [0.4, 0.5) is 0 Å². The lowest BCUT2D eigenvalue weighted by molar-refractivity contribution is -0.133. The molecule has 0 aromatic carbocycles. The molecule has 8 heteroatoms. The van der Waals surface area contributed by atoms with Gasteiger partial charge in [0.25, 0.3) is 0 Å². The van der Waals surface area contributed by atoms with Gasteiger partial charge in [0.1, 0.15) is 0 Å². The molecule has 1 amide bonds. The second kappa shape index (κ2) is 5.98. The summed E-state index contributed by atoms with van der Waals surface area (Å²) in [5.74, 6) is 1.68. The van der Waals surface area contributed by atoms with E-state index in [2.05, 4.69) is 10.1 Å². The third-order valence-corrected chi connectivity index (χ3v) is 6.29. The van der Waals surface area contributed by atoms with Gasteiger partial charge < -0.3 is 9.42 Å². The highest BCUT2D eigenvalue weighted by Crippen LogP contribution is 2.28. The molecule has 0 bridgehead atoms. The van der Waals surface area contributed by atoms with Crippen LogP contribution in [0.5, 0.6) is 0 Å². The van der Waals surface area contributed by atoms with Gasteiger partial charge in [-0.3, -0.25) is 4.79 Å². The number of nitrogens with zero attached hydrogens (tertiary/aromatic N) is 3. The van der Waals surface area contributed by atoms with E-state index in [0.29, 0.717) is 31.1 Å². The number of aromatic nitrogens is 2. The average molecular weight is 327 g/mol. The molecule has 0 saturated carbocycles. The predicted octanol–water partition coefficient (Wildman–Crippen LogP) is 0.909. The van der Waals surface area contributed by atoms with Crippen molar-refractivity contribution in [2.24, 2.45) is 5.92 Å². The van der Waals surface area contributed by atoms with Crippen molar-refractivity contribution >= 4 is 15.7 Å². The number of hydrogen-bond donors (Lipinski definition) is 0. The summed E-state index contributed by atoms with van der Waals surface area (Å²) in [6, 6.07) is 0. The quantitative estimate of drug-likeness (QED) is 0.819. The Morgan fingerprint density at radius 1 is 1.41 bits per heavy atom. The molecule has 1 aromatic heterocycles. The van der Waals surface area contributed by atoms with Crippen LogP contribution in [0.2, 0.25) is 0 Å². The molecule has 0 N–H and O–H groups in total. The van der Waals surface area contributed by atoms with Gasteiger partial charge in [0, 0.05) is 19.5 Å². The maximum Gasteiger partial charge on any atom is 0.231 e. The number of rotatable bonds is 3. The Morgan fingerprint density at radius 2 is 2.23 bits per heavy atom. The van der Waals surface area contributed by atoms with Gasteiger partial charge in [0.15, 0.2) is 15.7 Å². The minimum absolute atomic E-state index is 0.0245. The lowest BCUT2D eigenvalue weighted by atomic mass is 9.96. The predicted molar refractivity (Wildman–Crippen MR) is 79.0 cm³/mol. The Balaban J connectivity index is 1.58. The first kappa shape index (κ1) is 15.5. The highest BCUT2D eigenvalue weighted by Gasteiger charge is 2.33. The summed E-state index contributed by atoms with van der Waals surface area (Å²) in [6.45, 7) is 3.08. The molecule has 122 valence electrons. The molecule has 2 aliphatic rings. The Bertz CT molecular complexity index is 655. The SMILES string of the molecule is Cc1noc([C@H]2CCCN(C(=O)C[C@@H]3CCS(=O)(=O)C3)C2)n1. The number of carbonyl (C=O) groups is 1. The maximum atomic E-state index is 12.4. The zero-order chi connectivity index (χ0) is 15.7. The molecule has 0 aliphatic carbocycles. The highest BCUT2D eigenvalue weighted by molar-refractivity contribution is 7.91. The molecule has 2 aliphatic heterocycles. The summed E-state index contributed by atoms with van der Waals surface area (Å²) in [5, 5.41) is 3.80. The number of hydrogen-bond acceptors (Lipinski definition) is 6. The monoisotopic (exact) mass is 327 g/mol. The number of sulfone groups is 1. The molecule has 0 spiro atoms. The molecule has 22 heavy (non-hydrogen) atoms. The van der Waals surface area contributed by atoms with Gasteiger partial charge in [-0.2, -0.15) is 4.98 Å². The smallest absolute Gasteiger partial charge is 0.231 e. The minimum Gasteiger partial charge on any atom is -0.342 e. The summed E-state index contributed by atoms with van der Waals surface area (Å²) >= 11 is 0. The third kappa shape index (κ3) is 3.48. The van der Waals surface area contributed by atoms with E-state index in [1.54, 1.807) is 6.92 Å². The van der Waals surface area contributed by atoms with Crippen LogP contribution in [-0.2, 0) is 14.6 Å². The summed E-state index contributed by atoms with van der Waals surface area (Å²) in [5.41, 5.74) is 0. The summed E-state index contributed by atoms with van der Waals surface area (Å²) in [4.78, 5) is 18.5. The van der Waals surface area contributed by atoms with Gasteiger partial charge in [-0.15, -0.1) is 0 Å². The van der Waals surface area contributed by atoms with Crippen LogP contribution in [0, 0.1) is 12.8 Å². The molecule has 1 aromatic rings. The normalized spacial score (nSPS) is 28.0. The first-order valence-electron chi connectivity index (χ1n) is 7.71. The molecule has 2 atom stereocenters. The maximum absolute atomic E-state index is 12.4. The number of piperidine rings is 1. The Kier molecular flexibility index (Phi) is 4.20. The van der Waals surface area contributed by atoms with Crippen molar-refractivity contribution in [1.82, 2.24) is 15.0 Å². The summed E-state index contributed by atoms with van der Waals surface area (Å²) < 4.78 is 28.2. The van der Waals surface area contributed by atoms with E-state index in [1.165, 1.54) is 0 Å². The van der Waals surface area contributed by atoms with Crippen LogP contribution in [-0.4, -0.2) is 54.0 Å². The van der Waals surface area contributed by atoms with Crippen LogP contribution in [0.3, 0.4) is 0 Å². The molecule has 7 nitrogen and oxygen atoms in total. The van der Waals surface area contributed by atoms with E-state index in [9.17, 15) is 13.2 Å². The van der Waals surface area contributed by atoms with Crippen molar-refractivity contribution in [2.45, 2.75) is 38.5 Å². The summed E-state index contributed by atoms with van der Waals surface area (Å²) in [6.07, 6.45) is 2.77. The van der Waals surface area contributed by atoms with Crippen LogP contribution in [0.15, 0.2) is 4.52 Å². The van der Waals surface area contributed by atoms with Crippen molar-refractivity contribution in [2.75, 3.05) is 24.6 Å². The van der Waals surface area contributed by atoms with Crippen LogP contribution in [0.25, 0.3) is 0 Å². The zero-order valence-corrected chi connectivity index (χ0v) is 13.5. The van der Waals surface area contributed by atoms with Crippen molar-refractivity contribution in [3.05, 3.63) is 11.7 Å². The average Bonchev–Trinajstić information content (AvgIpc) is 3.05. The number of likely N-dealkylation sites (tertiary alicyclic amines) is 1. The largest absolute Gasteiger partial charge is 0.342 e. The molecule has 3 heterocycles. The standard InChI is InChI=1S/C14H21N3O4S/c1-10-15-14(21-16-10)12-3-2-5-17(8-12)13(18)7-11-4-6-22(19,20)9-11/h11-12H,2-9H2,1H3/t11-,12-/m0/s1. The molecular formula is C14H21N3O4S. The van der Waals surface area contributed by atoms with Gasteiger partial charge in [-0.1, -0.05) is 5.16 Å². The molecule has 3 rings (SSSR count). The van der Waals surface area contributed by atoms with Gasteiger partial charge in [-0.25, -0.2) is 8.42 Å². The molecule has 2 saturated heterocycles. The van der Waals surface area contributed by atoms with Gasteiger partial charge in [0.2, 0.25) is 11.8 Å². The Morgan fingerprint density at radius 3 is 2.86 bits per heavy atom. The van der Waals surface area contributed by atoms with Crippen molar-refractivity contribution in [3.63, 3.8) is 0 Å². The van der Waals surface area contributed by atoms with E-state index in [-0.39, 0.29) is 29.2 Å². The molecule has 2 fully saturated rings. The van der Waals surface area contributed by atoms with Crippen molar-refractivity contribution < 1.29 is 17.7 Å². The highest BCUT2D eigenvalue weighted by atomic mass is 32.2. The van der Waals surface area contributed by atoms with Gasteiger partial charge in [0.05, 0.1) is 17.4 Å².